The number of hydrogen-bond donors (Lipinski definition) is 1. The fourth-order valence-electron chi connectivity index (χ4n) is 2.06. The van der Waals surface area contributed by atoms with Crippen LogP contribution in [0, 0.1) is 5.82 Å². The van der Waals surface area contributed by atoms with Gasteiger partial charge >= 0.3 is 0 Å². The third-order valence-corrected chi connectivity index (χ3v) is 3.24. The number of anilines is 1. The van der Waals surface area contributed by atoms with Gasteiger partial charge in [-0.1, -0.05) is 37.8 Å². The fraction of sp³-hybridized carbons (Fsp3) is 0.211. The summed E-state index contributed by atoms with van der Waals surface area (Å²) < 4.78 is 24.6. The lowest BCUT2D eigenvalue weighted by Crippen LogP contribution is -2.32. The van der Waals surface area contributed by atoms with Gasteiger partial charge in [0.05, 0.1) is 0 Å². The van der Waals surface area contributed by atoms with E-state index in [0.29, 0.717) is 24.5 Å². The van der Waals surface area contributed by atoms with Gasteiger partial charge in [-0.3, -0.25) is 4.79 Å². The van der Waals surface area contributed by atoms with E-state index in [1.54, 1.807) is 49.4 Å². The Kier molecular flexibility index (Phi) is 6.37. The lowest BCUT2D eigenvalue weighted by Gasteiger charge is -2.18. The van der Waals surface area contributed by atoms with Gasteiger partial charge in [0.25, 0.3) is 5.91 Å². The van der Waals surface area contributed by atoms with Crippen LogP contribution in [0.2, 0.25) is 0 Å². The Bertz CT molecular complexity index is 703. The van der Waals surface area contributed by atoms with Crippen molar-refractivity contribution in [3.63, 3.8) is 0 Å². The number of ether oxygens (including phenoxy) is 2. The zero-order valence-electron chi connectivity index (χ0n) is 13.5. The number of nitrogens with one attached hydrogen (secondary N) is 1. The molecule has 2 aromatic carbocycles. The lowest BCUT2D eigenvalue weighted by molar-refractivity contribution is -0.122. The van der Waals surface area contributed by atoms with Crippen molar-refractivity contribution in [2.24, 2.45) is 0 Å². The minimum atomic E-state index is -0.792. The first-order chi connectivity index (χ1) is 11.6. The molecule has 0 fully saturated rings. The first-order valence-electron chi connectivity index (χ1n) is 7.69. The molecule has 1 N–H and O–H groups in total. The molecule has 4 nitrogen and oxygen atoms in total. The van der Waals surface area contributed by atoms with Gasteiger partial charge in [-0.25, -0.2) is 4.39 Å². The molecule has 2 rings (SSSR count). The van der Waals surface area contributed by atoms with Gasteiger partial charge in [-0.15, -0.1) is 0 Å². The SMILES string of the molecule is C=CCOc1cccc(NC(=O)C(CC)Oc2ccccc2F)c1. The van der Waals surface area contributed by atoms with Gasteiger partial charge in [0, 0.05) is 11.8 Å². The van der Waals surface area contributed by atoms with Gasteiger partial charge in [0.1, 0.15) is 12.4 Å². The van der Waals surface area contributed by atoms with Crippen LogP contribution in [0.25, 0.3) is 0 Å². The molecule has 0 aliphatic rings. The first-order valence-corrected chi connectivity index (χ1v) is 7.69. The minimum Gasteiger partial charge on any atom is -0.489 e. The molecule has 0 aliphatic carbocycles. The molecule has 0 saturated carbocycles. The molecule has 0 aromatic heterocycles. The second-order valence-corrected chi connectivity index (χ2v) is 5.06. The predicted octanol–water partition coefficient (Wildman–Crippen LogP) is 4.19. The summed E-state index contributed by atoms with van der Waals surface area (Å²) in [6.07, 6.45) is 1.26. The molecule has 1 unspecified atom stereocenters. The molecule has 1 amide bonds. The number of rotatable bonds is 8. The highest BCUT2D eigenvalue weighted by Crippen LogP contribution is 2.20. The molecule has 24 heavy (non-hydrogen) atoms. The van der Waals surface area contributed by atoms with E-state index in [-0.39, 0.29) is 11.7 Å². The van der Waals surface area contributed by atoms with Crippen LogP contribution < -0.4 is 14.8 Å². The maximum absolute atomic E-state index is 13.7. The van der Waals surface area contributed by atoms with Gasteiger partial charge in [-0.05, 0) is 30.7 Å². The monoisotopic (exact) mass is 329 g/mol. The van der Waals surface area contributed by atoms with E-state index in [9.17, 15) is 9.18 Å². The molecular weight excluding hydrogens is 309 g/mol. The molecule has 0 bridgehead atoms. The van der Waals surface area contributed by atoms with Crippen molar-refractivity contribution in [1.29, 1.82) is 0 Å². The molecule has 0 radical (unpaired) electrons. The standard InChI is InChI=1S/C19H20FNO3/c1-3-12-23-15-9-7-8-14(13-15)21-19(22)17(4-2)24-18-11-6-5-10-16(18)20/h3,5-11,13,17H,1,4,12H2,2H3,(H,21,22). The fourth-order valence-corrected chi connectivity index (χ4v) is 2.06. The van der Waals surface area contributed by atoms with E-state index in [1.807, 2.05) is 0 Å². The predicted molar refractivity (Wildman–Crippen MR) is 91.9 cm³/mol. The average Bonchev–Trinajstić information content (AvgIpc) is 2.59. The van der Waals surface area contributed by atoms with Crippen molar-refractivity contribution >= 4 is 11.6 Å². The second-order valence-electron chi connectivity index (χ2n) is 5.06. The van der Waals surface area contributed by atoms with Crippen LogP contribution in [-0.4, -0.2) is 18.6 Å². The summed E-state index contributed by atoms with van der Waals surface area (Å²) in [5, 5.41) is 2.76. The Morgan fingerprint density at radius 2 is 2.08 bits per heavy atom. The smallest absolute Gasteiger partial charge is 0.265 e. The highest BCUT2D eigenvalue weighted by molar-refractivity contribution is 5.94. The summed E-state index contributed by atoms with van der Waals surface area (Å²) in [6.45, 7) is 5.77. The average molecular weight is 329 g/mol. The Labute approximate surface area is 140 Å². The van der Waals surface area contributed by atoms with Crippen LogP contribution >= 0.6 is 0 Å². The number of amides is 1. The Hall–Kier alpha value is -2.82. The Morgan fingerprint density at radius 3 is 2.79 bits per heavy atom. The molecule has 0 saturated heterocycles. The zero-order valence-corrected chi connectivity index (χ0v) is 13.5. The van der Waals surface area contributed by atoms with E-state index in [4.69, 9.17) is 9.47 Å². The van der Waals surface area contributed by atoms with Crippen molar-refractivity contribution in [3.8, 4) is 11.5 Å². The van der Waals surface area contributed by atoms with Crippen LogP contribution in [0.3, 0.4) is 0 Å². The number of halogens is 1. The van der Waals surface area contributed by atoms with Crippen LogP contribution in [0.5, 0.6) is 11.5 Å². The molecule has 126 valence electrons. The maximum atomic E-state index is 13.7. The number of carbonyl (C=O) groups is 1. The van der Waals surface area contributed by atoms with Crippen LogP contribution in [-0.2, 0) is 4.79 Å². The lowest BCUT2D eigenvalue weighted by atomic mass is 10.2. The number of benzene rings is 2. The summed E-state index contributed by atoms with van der Waals surface area (Å²) in [7, 11) is 0. The topological polar surface area (TPSA) is 47.6 Å². The summed E-state index contributed by atoms with van der Waals surface area (Å²) in [5.41, 5.74) is 0.581. The third-order valence-electron chi connectivity index (χ3n) is 3.24. The Balaban J connectivity index is 2.04. The molecule has 2 aromatic rings. The highest BCUT2D eigenvalue weighted by atomic mass is 19.1. The van der Waals surface area contributed by atoms with E-state index in [1.165, 1.54) is 12.1 Å². The van der Waals surface area contributed by atoms with E-state index in [2.05, 4.69) is 11.9 Å². The normalized spacial score (nSPS) is 11.4. The van der Waals surface area contributed by atoms with Gasteiger partial charge < -0.3 is 14.8 Å². The number of hydrogen-bond acceptors (Lipinski definition) is 3. The number of carbonyl (C=O) groups excluding carboxylic acids is 1. The molecule has 0 spiro atoms. The van der Waals surface area contributed by atoms with Crippen molar-refractivity contribution < 1.29 is 18.7 Å². The quantitative estimate of drug-likeness (QED) is 0.739. The van der Waals surface area contributed by atoms with Crippen molar-refractivity contribution in [3.05, 3.63) is 67.0 Å². The Morgan fingerprint density at radius 1 is 1.29 bits per heavy atom. The first kappa shape index (κ1) is 17.5. The molecular formula is C19H20FNO3. The van der Waals surface area contributed by atoms with E-state index >= 15 is 0 Å². The summed E-state index contributed by atoms with van der Waals surface area (Å²) in [6, 6.07) is 13.0. The summed E-state index contributed by atoms with van der Waals surface area (Å²) in [5.74, 6) is -0.163. The van der Waals surface area contributed by atoms with Crippen LogP contribution in [0.4, 0.5) is 10.1 Å². The van der Waals surface area contributed by atoms with E-state index in [0.717, 1.165) is 0 Å². The third kappa shape index (κ3) is 4.84. The van der Waals surface area contributed by atoms with Gasteiger partial charge in [-0.2, -0.15) is 0 Å². The van der Waals surface area contributed by atoms with Gasteiger partial charge in [0.2, 0.25) is 0 Å². The van der Waals surface area contributed by atoms with E-state index < -0.39 is 11.9 Å². The molecule has 5 heteroatoms. The second kappa shape index (κ2) is 8.72. The zero-order chi connectivity index (χ0) is 17.4. The highest BCUT2D eigenvalue weighted by Gasteiger charge is 2.20. The molecule has 0 aliphatic heterocycles. The van der Waals surface area contributed by atoms with Gasteiger partial charge in [0.15, 0.2) is 17.7 Å². The van der Waals surface area contributed by atoms with Crippen molar-refractivity contribution in [1.82, 2.24) is 0 Å². The van der Waals surface area contributed by atoms with Crippen molar-refractivity contribution in [2.45, 2.75) is 19.4 Å². The largest absolute Gasteiger partial charge is 0.489 e. The summed E-state index contributed by atoms with van der Waals surface area (Å²) in [4.78, 5) is 12.4. The number of para-hydroxylation sites is 1. The minimum absolute atomic E-state index is 0.0579. The van der Waals surface area contributed by atoms with Crippen molar-refractivity contribution in [2.75, 3.05) is 11.9 Å². The molecule has 1 atom stereocenters. The summed E-state index contributed by atoms with van der Waals surface area (Å²) >= 11 is 0. The maximum Gasteiger partial charge on any atom is 0.265 e. The van der Waals surface area contributed by atoms with Crippen LogP contribution in [0.15, 0.2) is 61.2 Å². The molecule has 0 heterocycles. The van der Waals surface area contributed by atoms with Crippen LogP contribution in [0.1, 0.15) is 13.3 Å².